The summed E-state index contributed by atoms with van der Waals surface area (Å²) in [6, 6.07) is 4.86. The van der Waals surface area contributed by atoms with E-state index in [9.17, 15) is 13.2 Å². The number of benzene rings is 1. The van der Waals surface area contributed by atoms with E-state index in [1.807, 2.05) is 6.92 Å². The average molecular weight is 367 g/mol. The molecule has 25 heavy (non-hydrogen) atoms. The molecular weight excluding hydrogens is 336 g/mol. The first-order chi connectivity index (χ1) is 12.0. The van der Waals surface area contributed by atoms with Gasteiger partial charge in [0.15, 0.2) is 0 Å². The molecule has 2 rings (SSSR count). The SMILES string of the molecule is CCCCCCNC(=O)c1cc(S(=O)(=O)N2CCCCC2)ccc1C. The van der Waals surface area contributed by atoms with Crippen molar-refractivity contribution >= 4 is 15.9 Å². The van der Waals surface area contributed by atoms with Crippen LogP contribution in [0.3, 0.4) is 0 Å². The van der Waals surface area contributed by atoms with E-state index in [1.54, 1.807) is 12.1 Å². The Morgan fingerprint density at radius 2 is 1.84 bits per heavy atom. The summed E-state index contributed by atoms with van der Waals surface area (Å²) in [7, 11) is -3.51. The molecule has 0 atom stereocenters. The van der Waals surface area contributed by atoms with Gasteiger partial charge in [0, 0.05) is 25.2 Å². The third-order valence-corrected chi connectivity index (χ3v) is 6.62. The number of hydrogen-bond acceptors (Lipinski definition) is 3. The van der Waals surface area contributed by atoms with Crippen LogP contribution in [-0.2, 0) is 10.0 Å². The fourth-order valence-corrected chi connectivity index (χ4v) is 4.65. The highest BCUT2D eigenvalue weighted by Gasteiger charge is 2.26. The van der Waals surface area contributed by atoms with Gasteiger partial charge in [0.2, 0.25) is 10.0 Å². The van der Waals surface area contributed by atoms with E-state index < -0.39 is 10.0 Å². The third kappa shape index (κ3) is 5.28. The molecule has 0 aliphatic carbocycles. The Morgan fingerprint density at radius 3 is 2.52 bits per heavy atom. The number of nitrogens with one attached hydrogen (secondary N) is 1. The smallest absolute Gasteiger partial charge is 0.251 e. The standard InChI is InChI=1S/C19H30N2O3S/c1-3-4-5-7-12-20-19(22)18-15-17(11-10-16(18)2)25(23,24)21-13-8-6-9-14-21/h10-11,15H,3-9,12-14H2,1-2H3,(H,20,22). The van der Waals surface area contributed by atoms with Gasteiger partial charge in [-0.05, 0) is 43.9 Å². The lowest BCUT2D eigenvalue weighted by molar-refractivity contribution is 0.0952. The van der Waals surface area contributed by atoms with Crippen LogP contribution in [0.15, 0.2) is 23.1 Å². The monoisotopic (exact) mass is 366 g/mol. The van der Waals surface area contributed by atoms with Crippen LogP contribution in [0.25, 0.3) is 0 Å². The second-order valence-corrected chi connectivity index (χ2v) is 8.70. The van der Waals surface area contributed by atoms with Gasteiger partial charge in [0.25, 0.3) is 5.91 Å². The third-order valence-electron chi connectivity index (χ3n) is 4.72. The van der Waals surface area contributed by atoms with Crippen LogP contribution < -0.4 is 5.32 Å². The van der Waals surface area contributed by atoms with Crippen molar-refractivity contribution in [1.29, 1.82) is 0 Å². The van der Waals surface area contributed by atoms with Crippen LogP contribution >= 0.6 is 0 Å². The lowest BCUT2D eigenvalue weighted by Crippen LogP contribution is -2.35. The molecule has 1 heterocycles. The second kappa shape index (κ2) is 9.34. The molecule has 5 nitrogen and oxygen atoms in total. The van der Waals surface area contributed by atoms with Gasteiger partial charge < -0.3 is 5.32 Å². The molecule has 1 aromatic rings. The molecule has 0 saturated carbocycles. The first-order valence-electron chi connectivity index (χ1n) is 9.36. The number of aryl methyl sites for hydroxylation is 1. The molecule has 1 aliphatic rings. The molecule has 0 radical (unpaired) electrons. The minimum atomic E-state index is -3.51. The van der Waals surface area contributed by atoms with Crippen molar-refractivity contribution in [2.75, 3.05) is 19.6 Å². The molecule has 1 amide bonds. The number of carbonyl (C=O) groups is 1. The number of piperidine rings is 1. The highest BCUT2D eigenvalue weighted by molar-refractivity contribution is 7.89. The van der Waals surface area contributed by atoms with Crippen molar-refractivity contribution < 1.29 is 13.2 Å². The first kappa shape index (κ1) is 19.9. The highest BCUT2D eigenvalue weighted by atomic mass is 32.2. The maximum Gasteiger partial charge on any atom is 0.251 e. The zero-order valence-corrected chi connectivity index (χ0v) is 16.2. The summed E-state index contributed by atoms with van der Waals surface area (Å²) in [5, 5.41) is 2.91. The van der Waals surface area contributed by atoms with Crippen LogP contribution in [0.4, 0.5) is 0 Å². The minimum absolute atomic E-state index is 0.190. The number of carbonyl (C=O) groups excluding carboxylic acids is 1. The summed E-state index contributed by atoms with van der Waals surface area (Å²) in [5.41, 5.74) is 1.25. The maximum atomic E-state index is 12.8. The summed E-state index contributed by atoms with van der Waals surface area (Å²) in [5.74, 6) is -0.190. The molecule has 0 unspecified atom stereocenters. The average Bonchev–Trinajstić information content (AvgIpc) is 2.62. The molecule has 6 heteroatoms. The van der Waals surface area contributed by atoms with Crippen molar-refractivity contribution in [2.24, 2.45) is 0 Å². The molecule has 0 spiro atoms. The number of unbranched alkanes of at least 4 members (excludes halogenated alkanes) is 3. The maximum absolute atomic E-state index is 12.8. The Labute approximate surface area is 151 Å². The molecule has 1 N–H and O–H groups in total. The molecule has 0 aromatic heterocycles. The summed E-state index contributed by atoms with van der Waals surface area (Å²) >= 11 is 0. The molecule has 1 aromatic carbocycles. The van der Waals surface area contributed by atoms with E-state index in [0.717, 1.165) is 44.1 Å². The molecule has 0 bridgehead atoms. The fourth-order valence-electron chi connectivity index (χ4n) is 3.11. The molecule has 140 valence electrons. The summed E-state index contributed by atoms with van der Waals surface area (Å²) < 4.78 is 27.1. The second-order valence-electron chi connectivity index (χ2n) is 6.76. The van der Waals surface area contributed by atoms with Crippen LogP contribution in [0, 0.1) is 6.92 Å². The number of hydrogen-bond donors (Lipinski definition) is 1. The number of amides is 1. The van der Waals surface area contributed by atoms with E-state index in [4.69, 9.17) is 0 Å². The van der Waals surface area contributed by atoms with Gasteiger partial charge in [-0.2, -0.15) is 4.31 Å². The van der Waals surface area contributed by atoms with E-state index in [2.05, 4.69) is 12.2 Å². The van der Waals surface area contributed by atoms with Gasteiger partial charge in [-0.15, -0.1) is 0 Å². The first-order valence-corrected chi connectivity index (χ1v) is 10.8. The van der Waals surface area contributed by atoms with Crippen LogP contribution in [0.1, 0.15) is 67.8 Å². The van der Waals surface area contributed by atoms with Crippen LogP contribution in [0.2, 0.25) is 0 Å². The number of rotatable bonds is 8. The zero-order chi connectivity index (χ0) is 18.3. The van der Waals surface area contributed by atoms with Gasteiger partial charge in [-0.3, -0.25) is 4.79 Å². The van der Waals surface area contributed by atoms with Gasteiger partial charge in [-0.25, -0.2) is 8.42 Å². The van der Waals surface area contributed by atoms with Gasteiger partial charge in [0.1, 0.15) is 0 Å². The van der Waals surface area contributed by atoms with E-state index in [-0.39, 0.29) is 10.8 Å². The summed E-state index contributed by atoms with van der Waals surface area (Å²) in [4.78, 5) is 12.7. The fraction of sp³-hybridized carbons (Fsp3) is 0.632. The Hall–Kier alpha value is -1.40. The topological polar surface area (TPSA) is 66.5 Å². The lowest BCUT2D eigenvalue weighted by atomic mass is 10.1. The quantitative estimate of drug-likeness (QED) is 0.716. The number of sulfonamides is 1. The van der Waals surface area contributed by atoms with Gasteiger partial charge in [0.05, 0.1) is 4.90 Å². The minimum Gasteiger partial charge on any atom is -0.352 e. The Balaban J connectivity index is 2.09. The van der Waals surface area contributed by atoms with E-state index >= 15 is 0 Å². The van der Waals surface area contributed by atoms with Crippen LogP contribution in [-0.4, -0.2) is 38.3 Å². The molecule has 1 fully saturated rings. The van der Waals surface area contributed by atoms with E-state index in [0.29, 0.717) is 25.2 Å². The Bertz CT molecular complexity index is 680. The Morgan fingerprint density at radius 1 is 1.12 bits per heavy atom. The predicted molar refractivity (Wildman–Crippen MR) is 100 cm³/mol. The predicted octanol–water partition coefficient (Wildman–Crippen LogP) is 3.48. The van der Waals surface area contributed by atoms with E-state index in [1.165, 1.54) is 16.8 Å². The molecular formula is C19H30N2O3S. The van der Waals surface area contributed by atoms with Crippen molar-refractivity contribution in [3.05, 3.63) is 29.3 Å². The molecule has 1 aliphatic heterocycles. The zero-order valence-electron chi connectivity index (χ0n) is 15.4. The van der Waals surface area contributed by atoms with Crippen molar-refractivity contribution in [3.8, 4) is 0 Å². The normalized spacial score (nSPS) is 15.9. The van der Waals surface area contributed by atoms with Crippen molar-refractivity contribution in [3.63, 3.8) is 0 Å². The van der Waals surface area contributed by atoms with Gasteiger partial charge >= 0.3 is 0 Å². The largest absolute Gasteiger partial charge is 0.352 e. The number of nitrogens with zero attached hydrogens (tertiary/aromatic N) is 1. The van der Waals surface area contributed by atoms with Crippen molar-refractivity contribution in [1.82, 2.24) is 9.62 Å². The summed E-state index contributed by atoms with van der Waals surface area (Å²) in [6.45, 7) is 5.74. The lowest BCUT2D eigenvalue weighted by Gasteiger charge is -2.26. The molecule has 1 saturated heterocycles. The van der Waals surface area contributed by atoms with Crippen LogP contribution in [0.5, 0.6) is 0 Å². The summed E-state index contributed by atoms with van der Waals surface area (Å²) in [6.07, 6.45) is 7.24. The Kier molecular flexibility index (Phi) is 7.44. The van der Waals surface area contributed by atoms with Gasteiger partial charge in [-0.1, -0.05) is 38.7 Å². The highest BCUT2D eigenvalue weighted by Crippen LogP contribution is 2.22. The van der Waals surface area contributed by atoms with Crippen molar-refractivity contribution in [2.45, 2.75) is 63.7 Å².